The van der Waals surface area contributed by atoms with E-state index in [0.29, 0.717) is 24.2 Å². The molecule has 0 aromatic heterocycles. The first-order valence-electron chi connectivity index (χ1n) is 11.0. The number of para-hydroxylation sites is 1. The highest BCUT2D eigenvalue weighted by Crippen LogP contribution is 2.35. The molecular formula is C24H27ClN4O2. The van der Waals surface area contributed by atoms with Gasteiger partial charge in [-0.05, 0) is 49.6 Å². The van der Waals surface area contributed by atoms with Gasteiger partial charge in [0.25, 0.3) is 11.8 Å². The van der Waals surface area contributed by atoms with Crippen LogP contribution in [-0.2, 0) is 0 Å². The lowest BCUT2D eigenvalue weighted by Gasteiger charge is -2.46. The first-order valence-corrected chi connectivity index (χ1v) is 11.4. The summed E-state index contributed by atoms with van der Waals surface area (Å²) in [5.41, 5.74) is 3.23. The van der Waals surface area contributed by atoms with Crippen LogP contribution >= 0.6 is 11.6 Å². The molecule has 0 aliphatic carbocycles. The van der Waals surface area contributed by atoms with Gasteiger partial charge < -0.3 is 19.6 Å². The number of halogens is 1. The predicted molar refractivity (Wildman–Crippen MR) is 123 cm³/mol. The largest absolute Gasteiger partial charge is 0.367 e. The summed E-state index contributed by atoms with van der Waals surface area (Å²) in [5.74, 6) is 0.110. The minimum absolute atomic E-state index is 0.0218. The zero-order chi connectivity index (χ0) is 21.5. The first kappa shape index (κ1) is 20.2. The van der Waals surface area contributed by atoms with Crippen LogP contribution in [-0.4, -0.2) is 67.6 Å². The van der Waals surface area contributed by atoms with Gasteiger partial charge in [0.1, 0.15) is 6.17 Å². The van der Waals surface area contributed by atoms with Gasteiger partial charge in [-0.2, -0.15) is 0 Å². The van der Waals surface area contributed by atoms with E-state index in [4.69, 9.17) is 11.6 Å². The Balaban J connectivity index is 1.33. The lowest BCUT2D eigenvalue weighted by Crippen LogP contribution is -2.56. The molecular weight excluding hydrogens is 412 g/mol. The molecule has 3 aliphatic heterocycles. The molecule has 162 valence electrons. The van der Waals surface area contributed by atoms with Crippen molar-refractivity contribution in [2.75, 3.05) is 49.6 Å². The van der Waals surface area contributed by atoms with Crippen molar-refractivity contribution in [1.82, 2.24) is 9.80 Å². The zero-order valence-corrected chi connectivity index (χ0v) is 18.5. The van der Waals surface area contributed by atoms with E-state index in [1.54, 1.807) is 6.07 Å². The Kier molecular flexibility index (Phi) is 5.26. The Morgan fingerprint density at radius 3 is 2.52 bits per heavy atom. The number of hydrogen-bond donors (Lipinski definition) is 0. The minimum Gasteiger partial charge on any atom is -0.367 e. The van der Waals surface area contributed by atoms with Crippen LogP contribution in [0.25, 0.3) is 0 Å². The molecule has 2 fully saturated rings. The first-order chi connectivity index (χ1) is 15.0. The normalized spacial score (nSPS) is 21.1. The third-order valence-corrected chi connectivity index (χ3v) is 7.11. The molecule has 3 aliphatic rings. The quantitative estimate of drug-likeness (QED) is 0.717. The molecule has 2 amide bonds. The van der Waals surface area contributed by atoms with Gasteiger partial charge in [0.05, 0.1) is 22.0 Å². The lowest BCUT2D eigenvalue weighted by molar-refractivity contribution is 0.0588. The van der Waals surface area contributed by atoms with Crippen LogP contribution in [0.15, 0.2) is 42.5 Å². The second kappa shape index (κ2) is 8.08. The summed E-state index contributed by atoms with van der Waals surface area (Å²) in [5, 5.41) is 0.737. The van der Waals surface area contributed by atoms with Crippen molar-refractivity contribution in [2.45, 2.75) is 25.4 Å². The standard InChI is InChI=1S/C24H27ClN4O2/c1-26-21-16-17(9-10-18(21)24(31)29-11-5-4-8-22(26)29)23(30)28-14-12-27(13-15-28)20-7-3-2-6-19(20)25/h2-3,6-7,9-10,16,22H,4-5,8,11-15H2,1H3. The number of fused-ring (bicyclic) bond motifs is 2. The highest BCUT2D eigenvalue weighted by atomic mass is 35.5. The molecule has 3 heterocycles. The average molecular weight is 439 g/mol. The topological polar surface area (TPSA) is 47.1 Å². The molecule has 0 N–H and O–H groups in total. The maximum Gasteiger partial charge on any atom is 0.257 e. The Bertz CT molecular complexity index is 1020. The van der Waals surface area contributed by atoms with E-state index in [2.05, 4.69) is 9.80 Å². The van der Waals surface area contributed by atoms with Crippen LogP contribution < -0.4 is 9.80 Å². The molecule has 1 unspecified atom stereocenters. The monoisotopic (exact) mass is 438 g/mol. The molecule has 0 saturated carbocycles. The Morgan fingerprint density at radius 1 is 0.968 bits per heavy atom. The van der Waals surface area contributed by atoms with Gasteiger partial charge in [-0.15, -0.1) is 0 Å². The van der Waals surface area contributed by atoms with Crippen LogP contribution in [0.5, 0.6) is 0 Å². The van der Waals surface area contributed by atoms with Gasteiger partial charge in [-0.1, -0.05) is 23.7 Å². The van der Waals surface area contributed by atoms with Crippen molar-refractivity contribution >= 4 is 34.8 Å². The summed E-state index contributed by atoms with van der Waals surface area (Å²) < 4.78 is 0. The number of carbonyl (C=O) groups is 2. The molecule has 2 aromatic rings. The van der Waals surface area contributed by atoms with Crippen LogP contribution in [0, 0.1) is 0 Å². The summed E-state index contributed by atoms with van der Waals surface area (Å²) in [4.78, 5) is 34.5. The number of rotatable bonds is 2. The van der Waals surface area contributed by atoms with Gasteiger partial charge in [0.15, 0.2) is 0 Å². The van der Waals surface area contributed by atoms with Crippen molar-refractivity contribution in [3.63, 3.8) is 0 Å². The van der Waals surface area contributed by atoms with Crippen LogP contribution in [0.4, 0.5) is 11.4 Å². The van der Waals surface area contributed by atoms with E-state index in [-0.39, 0.29) is 18.0 Å². The summed E-state index contributed by atoms with van der Waals surface area (Å²) in [7, 11) is 2.03. The number of nitrogens with zero attached hydrogens (tertiary/aromatic N) is 4. The van der Waals surface area contributed by atoms with E-state index in [9.17, 15) is 9.59 Å². The molecule has 7 heteroatoms. The van der Waals surface area contributed by atoms with Gasteiger partial charge in [0, 0.05) is 45.3 Å². The maximum atomic E-state index is 13.2. The van der Waals surface area contributed by atoms with E-state index in [1.807, 2.05) is 53.2 Å². The fourth-order valence-electron chi connectivity index (χ4n) is 5.05. The fraction of sp³-hybridized carbons (Fsp3) is 0.417. The summed E-state index contributed by atoms with van der Waals surface area (Å²) in [6.45, 7) is 3.59. The molecule has 5 rings (SSSR count). The summed E-state index contributed by atoms with van der Waals surface area (Å²) in [6.07, 6.45) is 3.26. The SMILES string of the molecule is CN1c2cc(C(=O)N3CCN(c4ccccc4Cl)CC3)ccc2C(=O)N2CCCCC21. The Morgan fingerprint density at radius 2 is 1.74 bits per heavy atom. The molecule has 31 heavy (non-hydrogen) atoms. The number of benzene rings is 2. The van der Waals surface area contributed by atoms with Crippen LogP contribution in [0.2, 0.25) is 5.02 Å². The summed E-state index contributed by atoms with van der Waals surface area (Å²) in [6, 6.07) is 13.4. The van der Waals surface area contributed by atoms with E-state index in [1.165, 1.54) is 0 Å². The third-order valence-electron chi connectivity index (χ3n) is 6.79. The number of piperazine rings is 1. The number of carbonyl (C=O) groups excluding carboxylic acids is 2. The van der Waals surface area contributed by atoms with E-state index in [0.717, 1.165) is 55.3 Å². The van der Waals surface area contributed by atoms with Crippen LogP contribution in [0.1, 0.15) is 40.0 Å². The lowest BCUT2D eigenvalue weighted by atomic mass is 9.97. The van der Waals surface area contributed by atoms with Gasteiger partial charge in [-0.25, -0.2) is 0 Å². The molecule has 0 bridgehead atoms. The fourth-order valence-corrected chi connectivity index (χ4v) is 5.30. The molecule has 0 spiro atoms. The van der Waals surface area contributed by atoms with Crippen molar-refractivity contribution in [2.24, 2.45) is 0 Å². The minimum atomic E-state index is 0.0218. The van der Waals surface area contributed by atoms with E-state index >= 15 is 0 Å². The summed E-state index contributed by atoms with van der Waals surface area (Å²) >= 11 is 6.34. The highest BCUT2D eigenvalue weighted by Gasteiger charge is 2.37. The van der Waals surface area contributed by atoms with Crippen molar-refractivity contribution in [1.29, 1.82) is 0 Å². The molecule has 2 aromatic carbocycles. The number of amides is 2. The predicted octanol–water partition coefficient (Wildman–Crippen LogP) is 3.70. The van der Waals surface area contributed by atoms with Gasteiger partial charge >= 0.3 is 0 Å². The molecule has 2 saturated heterocycles. The second-order valence-corrected chi connectivity index (χ2v) is 8.96. The average Bonchev–Trinajstić information content (AvgIpc) is 2.82. The van der Waals surface area contributed by atoms with Gasteiger partial charge in [0.2, 0.25) is 0 Å². The number of anilines is 2. The van der Waals surface area contributed by atoms with Crippen molar-refractivity contribution in [3.05, 3.63) is 58.6 Å². The highest BCUT2D eigenvalue weighted by molar-refractivity contribution is 6.33. The molecule has 1 atom stereocenters. The maximum absolute atomic E-state index is 13.2. The van der Waals surface area contributed by atoms with E-state index < -0.39 is 0 Å². The van der Waals surface area contributed by atoms with Gasteiger partial charge in [-0.3, -0.25) is 9.59 Å². The number of hydrogen-bond acceptors (Lipinski definition) is 4. The van der Waals surface area contributed by atoms with Crippen molar-refractivity contribution in [3.8, 4) is 0 Å². The van der Waals surface area contributed by atoms with Crippen LogP contribution in [0.3, 0.4) is 0 Å². The Hall–Kier alpha value is -2.73. The smallest absolute Gasteiger partial charge is 0.257 e. The molecule has 0 radical (unpaired) electrons. The van der Waals surface area contributed by atoms with Crippen molar-refractivity contribution < 1.29 is 9.59 Å². The number of piperidine rings is 1. The Labute approximate surface area is 188 Å². The third kappa shape index (κ3) is 3.53. The zero-order valence-electron chi connectivity index (χ0n) is 17.8. The molecule has 6 nitrogen and oxygen atoms in total. The second-order valence-electron chi connectivity index (χ2n) is 8.55.